The molecule has 2 amide bonds. The fourth-order valence-corrected chi connectivity index (χ4v) is 3.14. The van der Waals surface area contributed by atoms with Gasteiger partial charge in [0, 0.05) is 31.5 Å². The molecule has 182 valence electrons. The molecule has 0 saturated carbocycles. The van der Waals surface area contributed by atoms with Gasteiger partial charge < -0.3 is 20.1 Å². The highest BCUT2D eigenvalue weighted by atomic mass is 16.6. The molecule has 0 aliphatic heterocycles. The lowest BCUT2D eigenvalue weighted by molar-refractivity contribution is -0.384. The first kappa shape index (κ1) is 26.3. The first-order valence-electron chi connectivity index (χ1n) is 10.9. The van der Waals surface area contributed by atoms with Crippen LogP contribution in [0.1, 0.15) is 36.8 Å². The van der Waals surface area contributed by atoms with Crippen LogP contribution in [0.15, 0.2) is 54.6 Å². The fraction of sp³-hybridized carbons (Fsp3) is 0.375. The molecule has 0 heterocycles. The summed E-state index contributed by atoms with van der Waals surface area (Å²) in [6.45, 7) is 0.633. The van der Waals surface area contributed by atoms with Gasteiger partial charge in [-0.2, -0.15) is 0 Å². The van der Waals surface area contributed by atoms with Crippen LogP contribution in [0.3, 0.4) is 0 Å². The Balaban J connectivity index is 1.64. The number of amides is 2. The minimum atomic E-state index is -0.889. The van der Waals surface area contributed by atoms with Gasteiger partial charge >= 0.3 is 12.1 Å². The van der Waals surface area contributed by atoms with Gasteiger partial charge in [0.05, 0.1) is 12.0 Å². The molecule has 10 heteroatoms. The zero-order chi connectivity index (χ0) is 24.8. The van der Waals surface area contributed by atoms with Gasteiger partial charge in [0.1, 0.15) is 12.6 Å². The summed E-state index contributed by atoms with van der Waals surface area (Å²) < 4.78 is 9.89. The van der Waals surface area contributed by atoms with E-state index in [0.29, 0.717) is 31.4 Å². The molecule has 0 fully saturated rings. The van der Waals surface area contributed by atoms with E-state index in [4.69, 9.17) is 9.47 Å². The average molecular weight is 472 g/mol. The number of esters is 1. The summed E-state index contributed by atoms with van der Waals surface area (Å²) in [5, 5.41) is 16.1. The van der Waals surface area contributed by atoms with Crippen LogP contribution >= 0.6 is 0 Å². The lowest BCUT2D eigenvalue weighted by Gasteiger charge is -2.16. The standard InChI is InChI=1S/C24H29N3O7/c1-33-23(29)21(16-18-11-13-20(14-12-18)27(31)32)26-22(28)10-6-3-7-15-25-24(30)34-17-19-8-4-2-5-9-19/h2,4-5,8-9,11-14,21H,3,6-7,10,15-17H2,1H3,(H,25,30)(H,26,28)/t21-/m0/s1. The number of hydrogen-bond donors (Lipinski definition) is 2. The number of alkyl carbamates (subject to hydrolysis) is 1. The second-order valence-corrected chi connectivity index (χ2v) is 7.57. The summed E-state index contributed by atoms with van der Waals surface area (Å²) in [7, 11) is 1.23. The number of nitro benzene ring substituents is 1. The Bertz CT molecular complexity index is 949. The van der Waals surface area contributed by atoms with E-state index < -0.39 is 23.0 Å². The molecule has 0 bridgehead atoms. The third kappa shape index (κ3) is 9.68. The normalized spacial score (nSPS) is 11.2. The molecule has 2 aromatic rings. The van der Waals surface area contributed by atoms with E-state index in [-0.39, 0.29) is 31.0 Å². The largest absolute Gasteiger partial charge is 0.467 e. The first-order valence-corrected chi connectivity index (χ1v) is 10.9. The van der Waals surface area contributed by atoms with Crippen LogP contribution in [0.2, 0.25) is 0 Å². The van der Waals surface area contributed by atoms with E-state index in [9.17, 15) is 24.5 Å². The third-order valence-corrected chi connectivity index (χ3v) is 4.97. The number of ether oxygens (including phenoxy) is 2. The van der Waals surface area contributed by atoms with Crippen LogP contribution in [-0.2, 0) is 32.1 Å². The number of carbonyl (C=O) groups is 3. The van der Waals surface area contributed by atoms with Crippen molar-refractivity contribution in [3.8, 4) is 0 Å². The molecule has 0 unspecified atom stereocenters. The van der Waals surface area contributed by atoms with Crippen molar-refractivity contribution in [2.24, 2.45) is 0 Å². The molecule has 10 nitrogen and oxygen atoms in total. The number of hydrogen-bond acceptors (Lipinski definition) is 7. The minimum absolute atomic E-state index is 0.0543. The number of methoxy groups -OCH3 is 1. The summed E-state index contributed by atoms with van der Waals surface area (Å²) in [5.74, 6) is -0.891. The van der Waals surface area contributed by atoms with Gasteiger partial charge in [0.15, 0.2) is 0 Å². The summed E-state index contributed by atoms with van der Waals surface area (Å²) in [6, 6.07) is 14.2. The maximum absolute atomic E-state index is 12.3. The van der Waals surface area contributed by atoms with Crippen LogP contribution in [0.25, 0.3) is 0 Å². The topological polar surface area (TPSA) is 137 Å². The minimum Gasteiger partial charge on any atom is -0.467 e. The zero-order valence-corrected chi connectivity index (χ0v) is 19.0. The quantitative estimate of drug-likeness (QED) is 0.198. The van der Waals surface area contributed by atoms with Crippen LogP contribution in [0, 0.1) is 10.1 Å². The van der Waals surface area contributed by atoms with Crippen molar-refractivity contribution in [3.05, 3.63) is 75.8 Å². The maximum Gasteiger partial charge on any atom is 0.407 e. The van der Waals surface area contributed by atoms with Crippen LogP contribution in [0.4, 0.5) is 10.5 Å². The monoisotopic (exact) mass is 471 g/mol. The zero-order valence-electron chi connectivity index (χ0n) is 19.0. The number of nitrogens with zero attached hydrogens (tertiary/aromatic N) is 1. The van der Waals surface area contributed by atoms with Gasteiger partial charge in [-0.15, -0.1) is 0 Å². The molecule has 0 spiro atoms. The Morgan fingerprint density at radius 3 is 2.32 bits per heavy atom. The van der Waals surface area contributed by atoms with E-state index in [1.54, 1.807) is 0 Å². The molecule has 34 heavy (non-hydrogen) atoms. The number of benzene rings is 2. The first-order chi connectivity index (χ1) is 16.4. The lowest BCUT2D eigenvalue weighted by Crippen LogP contribution is -2.43. The second-order valence-electron chi connectivity index (χ2n) is 7.57. The molecule has 0 saturated heterocycles. The van der Waals surface area contributed by atoms with Crippen molar-refractivity contribution >= 4 is 23.7 Å². The smallest absolute Gasteiger partial charge is 0.407 e. The molecule has 2 aromatic carbocycles. The number of rotatable bonds is 13. The Morgan fingerprint density at radius 1 is 0.971 bits per heavy atom. The Hall–Kier alpha value is -3.95. The number of nitrogens with one attached hydrogen (secondary N) is 2. The number of unbranched alkanes of at least 4 members (excludes halogenated alkanes) is 2. The molecular weight excluding hydrogens is 442 g/mol. The van der Waals surface area contributed by atoms with Crippen molar-refractivity contribution in [1.29, 1.82) is 0 Å². The second kappa shape index (κ2) is 14.2. The van der Waals surface area contributed by atoms with Crippen LogP contribution in [0.5, 0.6) is 0 Å². The van der Waals surface area contributed by atoms with Crippen molar-refractivity contribution < 1.29 is 28.8 Å². The summed E-state index contributed by atoms with van der Waals surface area (Å²) in [4.78, 5) is 46.3. The van der Waals surface area contributed by atoms with Gasteiger partial charge in [-0.05, 0) is 24.0 Å². The van der Waals surface area contributed by atoms with Gasteiger partial charge in [-0.25, -0.2) is 9.59 Å². The van der Waals surface area contributed by atoms with Gasteiger partial charge in [0.2, 0.25) is 5.91 Å². The average Bonchev–Trinajstić information content (AvgIpc) is 2.84. The van der Waals surface area contributed by atoms with E-state index in [0.717, 1.165) is 5.56 Å². The molecular formula is C24H29N3O7. The predicted molar refractivity (Wildman–Crippen MR) is 124 cm³/mol. The summed E-state index contributed by atoms with van der Waals surface area (Å²) in [6.07, 6.45) is 1.85. The number of nitro groups is 1. The molecule has 0 radical (unpaired) electrons. The molecule has 1 atom stereocenters. The molecule has 0 aliphatic rings. The Labute approximate surface area is 197 Å². The highest BCUT2D eigenvalue weighted by molar-refractivity contribution is 5.84. The van der Waals surface area contributed by atoms with E-state index in [2.05, 4.69) is 10.6 Å². The van der Waals surface area contributed by atoms with E-state index >= 15 is 0 Å². The highest BCUT2D eigenvalue weighted by Crippen LogP contribution is 2.14. The van der Waals surface area contributed by atoms with Gasteiger partial charge in [0.25, 0.3) is 5.69 Å². The predicted octanol–water partition coefficient (Wildman–Crippen LogP) is 3.28. The highest BCUT2D eigenvalue weighted by Gasteiger charge is 2.22. The maximum atomic E-state index is 12.3. The molecule has 2 N–H and O–H groups in total. The van der Waals surface area contributed by atoms with Crippen molar-refractivity contribution in [2.75, 3.05) is 13.7 Å². The van der Waals surface area contributed by atoms with Crippen LogP contribution in [-0.4, -0.2) is 42.6 Å². The Morgan fingerprint density at radius 2 is 1.68 bits per heavy atom. The molecule has 0 aromatic heterocycles. The number of non-ortho nitro benzene ring substituents is 1. The van der Waals surface area contributed by atoms with E-state index in [1.165, 1.54) is 31.4 Å². The lowest BCUT2D eigenvalue weighted by atomic mass is 10.0. The summed E-state index contributed by atoms with van der Waals surface area (Å²) in [5.41, 5.74) is 1.51. The Kier molecular flexibility index (Phi) is 11.0. The SMILES string of the molecule is COC(=O)[C@H](Cc1ccc([N+](=O)[O-])cc1)NC(=O)CCCCCNC(=O)OCc1ccccc1. The van der Waals surface area contributed by atoms with Gasteiger partial charge in [-0.3, -0.25) is 14.9 Å². The third-order valence-electron chi connectivity index (χ3n) is 4.97. The summed E-state index contributed by atoms with van der Waals surface area (Å²) >= 11 is 0. The van der Waals surface area contributed by atoms with Crippen molar-refractivity contribution in [3.63, 3.8) is 0 Å². The van der Waals surface area contributed by atoms with Gasteiger partial charge in [-0.1, -0.05) is 48.9 Å². The van der Waals surface area contributed by atoms with Crippen molar-refractivity contribution in [2.45, 2.75) is 44.8 Å². The van der Waals surface area contributed by atoms with Crippen LogP contribution < -0.4 is 10.6 Å². The molecule has 0 aliphatic carbocycles. The van der Waals surface area contributed by atoms with Crippen molar-refractivity contribution in [1.82, 2.24) is 10.6 Å². The number of carbonyl (C=O) groups excluding carboxylic acids is 3. The van der Waals surface area contributed by atoms with E-state index in [1.807, 2.05) is 30.3 Å². The fourth-order valence-electron chi connectivity index (χ4n) is 3.14. The molecule has 2 rings (SSSR count).